The lowest BCUT2D eigenvalue weighted by Crippen LogP contribution is -2.29. The molecule has 2 aromatic rings. The number of ether oxygens (including phenoxy) is 2. The summed E-state index contributed by atoms with van der Waals surface area (Å²) in [6.07, 6.45) is 11.4. The van der Waals surface area contributed by atoms with E-state index in [0.717, 1.165) is 6.20 Å². The first-order chi connectivity index (χ1) is 17.7. The summed E-state index contributed by atoms with van der Waals surface area (Å²) in [6, 6.07) is 3.96. The highest BCUT2D eigenvalue weighted by Crippen LogP contribution is 2.28. The molecular weight excluding hydrogens is 482 g/mol. The molecule has 0 spiro atoms. The molecule has 0 bridgehead atoms. The van der Waals surface area contributed by atoms with Crippen molar-refractivity contribution in [3.63, 3.8) is 0 Å². The van der Waals surface area contributed by atoms with Crippen molar-refractivity contribution in [1.82, 2.24) is 10.3 Å². The molecule has 1 aliphatic rings. The first-order valence-electron chi connectivity index (χ1n) is 11.7. The van der Waals surface area contributed by atoms with Crippen molar-refractivity contribution in [3.8, 4) is 11.5 Å². The quantitative estimate of drug-likeness (QED) is 0.344. The summed E-state index contributed by atoms with van der Waals surface area (Å²) in [5.74, 6) is -2.37. The zero-order valence-electron chi connectivity index (χ0n) is 21.1. The van der Waals surface area contributed by atoms with Gasteiger partial charge >= 0.3 is 5.97 Å². The van der Waals surface area contributed by atoms with E-state index in [1.54, 1.807) is 0 Å². The van der Waals surface area contributed by atoms with Gasteiger partial charge < -0.3 is 37.1 Å². The Kier molecular flexibility index (Phi) is 13.7. The van der Waals surface area contributed by atoms with Gasteiger partial charge in [0.05, 0.1) is 36.5 Å². The van der Waals surface area contributed by atoms with Crippen molar-refractivity contribution in [1.29, 1.82) is 0 Å². The van der Waals surface area contributed by atoms with Crippen LogP contribution in [-0.4, -0.2) is 61.1 Å². The first-order valence-corrected chi connectivity index (χ1v) is 11.7. The number of benzene rings is 1. The molecule has 1 fully saturated rings. The fourth-order valence-corrected chi connectivity index (χ4v) is 3.30. The maximum Gasteiger partial charge on any atom is 0.337 e. The van der Waals surface area contributed by atoms with Gasteiger partial charge in [0.1, 0.15) is 11.5 Å². The molecule has 37 heavy (non-hydrogen) atoms. The summed E-state index contributed by atoms with van der Waals surface area (Å²) in [4.78, 5) is 47.7. The molecule has 0 unspecified atom stereocenters. The van der Waals surface area contributed by atoms with E-state index in [1.165, 1.54) is 77.1 Å². The molecule has 0 atom stereocenters. The van der Waals surface area contributed by atoms with E-state index in [2.05, 4.69) is 10.3 Å². The van der Waals surface area contributed by atoms with Gasteiger partial charge in [-0.1, -0.05) is 38.5 Å². The number of hydrogen-bond acceptors (Lipinski definition) is 8. The van der Waals surface area contributed by atoms with E-state index in [9.17, 15) is 19.2 Å². The van der Waals surface area contributed by atoms with Gasteiger partial charge in [0.25, 0.3) is 11.8 Å². The number of carbonyl (C=O) groups is 4. The SMILES string of the molecule is C1CCCCC1.COc1cc(OC)c(C(=O)NCCN)cc1C(N)=O.NC(=O)c1cncc(C(=O)O)c1. The number of primary amides is 2. The summed E-state index contributed by atoms with van der Waals surface area (Å²) in [6.45, 7) is 0.632. The second-order valence-electron chi connectivity index (χ2n) is 7.91. The summed E-state index contributed by atoms with van der Waals surface area (Å²) < 4.78 is 10.1. The van der Waals surface area contributed by atoms with Gasteiger partial charge in [-0.15, -0.1) is 0 Å². The number of carboxylic acids is 1. The third-order valence-corrected chi connectivity index (χ3v) is 5.23. The van der Waals surface area contributed by atoms with E-state index >= 15 is 0 Å². The fourth-order valence-electron chi connectivity index (χ4n) is 3.30. The highest BCUT2D eigenvalue weighted by molar-refractivity contribution is 6.02. The number of rotatable bonds is 8. The highest BCUT2D eigenvalue weighted by atomic mass is 16.5. The van der Waals surface area contributed by atoms with Crippen LogP contribution in [0.5, 0.6) is 11.5 Å². The number of nitrogens with zero attached hydrogens (tertiary/aromatic N) is 1. The number of hydrogen-bond donors (Lipinski definition) is 5. The fraction of sp³-hybridized carbons (Fsp3) is 0.400. The number of amides is 3. The first kappa shape index (κ1) is 30.8. The van der Waals surface area contributed by atoms with Gasteiger partial charge in [0, 0.05) is 31.5 Å². The molecule has 0 radical (unpaired) electrons. The van der Waals surface area contributed by atoms with Crippen LogP contribution in [0, 0.1) is 0 Å². The number of pyridine rings is 1. The average molecular weight is 518 g/mol. The van der Waals surface area contributed by atoms with E-state index in [1.807, 2.05) is 0 Å². The Morgan fingerprint density at radius 2 is 1.35 bits per heavy atom. The smallest absolute Gasteiger partial charge is 0.337 e. The molecule has 1 saturated carbocycles. The van der Waals surface area contributed by atoms with E-state index < -0.39 is 23.7 Å². The topological polar surface area (TPSA) is 210 Å². The molecule has 1 heterocycles. The number of aromatic nitrogens is 1. The van der Waals surface area contributed by atoms with E-state index in [0.29, 0.717) is 13.1 Å². The van der Waals surface area contributed by atoms with Crippen LogP contribution >= 0.6 is 0 Å². The lowest BCUT2D eigenvalue weighted by atomic mass is 10.0. The summed E-state index contributed by atoms with van der Waals surface area (Å²) >= 11 is 0. The molecule has 8 N–H and O–H groups in total. The molecule has 0 aliphatic heterocycles. The minimum atomic E-state index is -1.13. The van der Waals surface area contributed by atoms with Crippen LogP contribution in [0.2, 0.25) is 0 Å². The molecule has 202 valence electrons. The Labute approximate surface area is 215 Å². The third kappa shape index (κ3) is 10.5. The molecule has 1 aliphatic carbocycles. The predicted octanol–water partition coefficient (Wildman–Crippen LogP) is 1.71. The number of carboxylic acid groups (broad SMARTS) is 1. The maximum absolute atomic E-state index is 11.9. The molecule has 1 aromatic carbocycles. The minimum absolute atomic E-state index is 0.0497. The van der Waals surface area contributed by atoms with E-state index in [-0.39, 0.29) is 33.8 Å². The van der Waals surface area contributed by atoms with Crippen LogP contribution in [0.3, 0.4) is 0 Å². The van der Waals surface area contributed by atoms with Crippen LogP contribution in [-0.2, 0) is 0 Å². The number of nitrogens with two attached hydrogens (primary N) is 3. The molecule has 1 aromatic heterocycles. The summed E-state index contributed by atoms with van der Waals surface area (Å²) in [7, 11) is 2.81. The van der Waals surface area contributed by atoms with Crippen LogP contribution < -0.4 is 32.0 Å². The molecule has 12 nitrogen and oxygen atoms in total. The maximum atomic E-state index is 11.9. The van der Waals surface area contributed by atoms with Gasteiger partial charge in [0.15, 0.2) is 0 Å². The Hall–Kier alpha value is -4.19. The Balaban J connectivity index is 0.000000320. The number of carbonyl (C=O) groups excluding carboxylic acids is 3. The van der Waals surface area contributed by atoms with Crippen molar-refractivity contribution in [2.24, 2.45) is 17.2 Å². The van der Waals surface area contributed by atoms with E-state index in [4.69, 9.17) is 31.8 Å². The normalized spacial score (nSPS) is 12.0. The predicted molar refractivity (Wildman–Crippen MR) is 137 cm³/mol. The zero-order chi connectivity index (χ0) is 27.8. The summed E-state index contributed by atoms with van der Waals surface area (Å²) in [5.41, 5.74) is 15.8. The van der Waals surface area contributed by atoms with Gasteiger partial charge in [-0.05, 0) is 12.1 Å². The lowest BCUT2D eigenvalue weighted by molar-refractivity contribution is 0.0695. The van der Waals surface area contributed by atoms with Crippen LogP contribution in [0.15, 0.2) is 30.6 Å². The highest BCUT2D eigenvalue weighted by Gasteiger charge is 2.19. The molecule has 12 heteroatoms. The van der Waals surface area contributed by atoms with Crippen LogP contribution in [0.25, 0.3) is 0 Å². The van der Waals surface area contributed by atoms with Crippen molar-refractivity contribution in [2.45, 2.75) is 38.5 Å². The summed E-state index contributed by atoms with van der Waals surface area (Å²) in [5, 5.41) is 11.1. The Bertz CT molecular complexity index is 1030. The Morgan fingerprint density at radius 1 is 0.838 bits per heavy atom. The second kappa shape index (κ2) is 16.5. The van der Waals surface area contributed by atoms with Gasteiger partial charge in [-0.3, -0.25) is 19.4 Å². The van der Waals surface area contributed by atoms with Crippen LogP contribution in [0.4, 0.5) is 0 Å². The van der Waals surface area contributed by atoms with Crippen molar-refractivity contribution in [2.75, 3.05) is 27.3 Å². The number of methoxy groups -OCH3 is 2. The number of nitrogens with one attached hydrogen (secondary N) is 1. The third-order valence-electron chi connectivity index (χ3n) is 5.23. The van der Waals surface area contributed by atoms with Crippen molar-refractivity contribution >= 4 is 23.7 Å². The molecule has 3 rings (SSSR count). The van der Waals surface area contributed by atoms with Crippen LogP contribution in [0.1, 0.15) is 80.0 Å². The monoisotopic (exact) mass is 517 g/mol. The average Bonchev–Trinajstić information content (AvgIpc) is 2.92. The second-order valence-corrected chi connectivity index (χ2v) is 7.91. The Morgan fingerprint density at radius 3 is 1.78 bits per heavy atom. The van der Waals surface area contributed by atoms with Crippen molar-refractivity contribution in [3.05, 3.63) is 52.8 Å². The molecular formula is C25H35N5O7. The lowest BCUT2D eigenvalue weighted by Gasteiger charge is -2.13. The molecule has 0 saturated heterocycles. The standard InChI is InChI=1S/C12H17N3O4.C7H6N2O3.C6H12/c1-18-9-6-10(19-2)8(5-7(9)11(14)16)12(17)15-4-3-13;8-6(10)4-1-5(7(11)12)3-9-2-4;1-2-4-6-5-3-1/h5-6H,3-4,13H2,1-2H3,(H2,14,16)(H,15,17);1-3H,(H2,8,10)(H,11,12);1-6H2. The van der Waals surface area contributed by atoms with Gasteiger partial charge in [-0.25, -0.2) is 4.79 Å². The van der Waals surface area contributed by atoms with Gasteiger partial charge in [-0.2, -0.15) is 0 Å². The van der Waals surface area contributed by atoms with Crippen molar-refractivity contribution < 1.29 is 33.8 Å². The number of aromatic carboxylic acids is 1. The molecule has 3 amide bonds. The zero-order valence-corrected chi connectivity index (χ0v) is 21.1. The van der Waals surface area contributed by atoms with Gasteiger partial charge in [0.2, 0.25) is 5.91 Å². The largest absolute Gasteiger partial charge is 0.496 e. The minimum Gasteiger partial charge on any atom is -0.496 e.